The van der Waals surface area contributed by atoms with Crippen molar-refractivity contribution >= 4 is 11.7 Å². The smallest absolute Gasteiger partial charge is 0.225 e. The Bertz CT molecular complexity index is 1050. The Kier molecular flexibility index (Phi) is 6.37. The molecular formula is C25H29N3O3. The van der Waals surface area contributed by atoms with Crippen LogP contribution in [0.25, 0.3) is 11.3 Å². The fraction of sp³-hybridized carbons (Fsp3) is 0.360. The molecular weight excluding hydrogens is 390 g/mol. The van der Waals surface area contributed by atoms with E-state index in [-0.39, 0.29) is 5.91 Å². The maximum Gasteiger partial charge on any atom is 0.225 e. The third-order valence-electron chi connectivity index (χ3n) is 5.91. The first-order valence-electron chi connectivity index (χ1n) is 10.9. The van der Waals surface area contributed by atoms with Gasteiger partial charge in [-0.3, -0.25) is 9.69 Å². The lowest BCUT2D eigenvalue weighted by atomic mass is 9.89. The summed E-state index contributed by atoms with van der Waals surface area (Å²) in [5, 5.41) is 12.5. The highest BCUT2D eigenvalue weighted by Crippen LogP contribution is 2.31. The Morgan fingerprint density at radius 2 is 2.00 bits per heavy atom. The van der Waals surface area contributed by atoms with Crippen LogP contribution in [0.15, 0.2) is 52.9 Å². The zero-order chi connectivity index (χ0) is 21.8. The van der Waals surface area contributed by atoms with Gasteiger partial charge in [0.05, 0.1) is 12.2 Å². The summed E-state index contributed by atoms with van der Waals surface area (Å²) in [7, 11) is 0. The zero-order valence-electron chi connectivity index (χ0n) is 18.1. The van der Waals surface area contributed by atoms with E-state index < -0.39 is 0 Å². The average Bonchev–Trinajstić information content (AvgIpc) is 3.22. The number of piperidine rings is 1. The van der Waals surface area contributed by atoms with Gasteiger partial charge in [0.25, 0.3) is 0 Å². The molecule has 2 N–H and O–H groups in total. The second-order valence-electron chi connectivity index (χ2n) is 8.14. The predicted octanol–water partition coefficient (Wildman–Crippen LogP) is 5.08. The van der Waals surface area contributed by atoms with Gasteiger partial charge in [-0.2, -0.15) is 0 Å². The SMILES string of the molecule is CCC(=O)Nc1ccc(-c2ccc(CN3CCC(c4cccc(O)c4)CC3)o2)c(C)n1. The van der Waals surface area contributed by atoms with Gasteiger partial charge in [-0.1, -0.05) is 19.1 Å². The first kappa shape index (κ1) is 21.1. The van der Waals surface area contributed by atoms with E-state index in [1.54, 1.807) is 6.07 Å². The molecule has 6 nitrogen and oxygen atoms in total. The minimum atomic E-state index is -0.0484. The fourth-order valence-corrected chi connectivity index (χ4v) is 4.15. The van der Waals surface area contributed by atoms with Crippen LogP contribution in [0.1, 0.15) is 49.1 Å². The number of carbonyl (C=O) groups excluding carboxylic acids is 1. The number of nitrogens with one attached hydrogen (secondary N) is 1. The minimum Gasteiger partial charge on any atom is -0.508 e. The monoisotopic (exact) mass is 419 g/mol. The maximum atomic E-state index is 11.6. The number of furan rings is 1. The van der Waals surface area contributed by atoms with Crippen molar-refractivity contribution in [1.29, 1.82) is 0 Å². The van der Waals surface area contributed by atoms with Crippen molar-refractivity contribution < 1.29 is 14.3 Å². The molecule has 1 saturated heterocycles. The number of likely N-dealkylation sites (tertiary alicyclic amines) is 1. The van der Waals surface area contributed by atoms with E-state index in [0.29, 0.717) is 23.9 Å². The first-order valence-corrected chi connectivity index (χ1v) is 10.9. The molecule has 3 heterocycles. The van der Waals surface area contributed by atoms with Crippen LogP contribution in [0.3, 0.4) is 0 Å². The van der Waals surface area contributed by atoms with E-state index in [4.69, 9.17) is 4.42 Å². The number of rotatable bonds is 6. The van der Waals surface area contributed by atoms with Crippen molar-refractivity contribution in [2.75, 3.05) is 18.4 Å². The number of aryl methyl sites for hydroxylation is 1. The summed E-state index contributed by atoms with van der Waals surface area (Å²) in [6.07, 6.45) is 2.57. The highest BCUT2D eigenvalue weighted by atomic mass is 16.3. The molecule has 1 aromatic carbocycles. The Hall–Kier alpha value is -3.12. The van der Waals surface area contributed by atoms with E-state index in [1.165, 1.54) is 5.56 Å². The molecule has 1 amide bonds. The number of aromatic nitrogens is 1. The van der Waals surface area contributed by atoms with Gasteiger partial charge in [0.15, 0.2) is 0 Å². The lowest BCUT2D eigenvalue weighted by molar-refractivity contribution is -0.115. The zero-order valence-corrected chi connectivity index (χ0v) is 18.1. The summed E-state index contributed by atoms with van der Waals surface area (Å²) >= 11 is 0. The Morgan fingerprint density at radius 3 is 2.71 bits per heavy atom. The molecule has 162 valence electrons. The fourth-order valence-electron chi connectivity index (χ4n) is 4.15. The first-order chi connectivity index (χ1) is 15.0. The topological polar surface area (TPSA) is 78.6 Å². The highest BCUT2D eigenvalue weighted by Gasteiger charge is 2.22. The van der Waals surface area contributed by atoms with E-state index in [0.717, 1.165) is 55.3 Å². The number of hydrogen-bond acceptors (Lipinski definition) is 5. The third kappa shape index (κ3) is 5.14. The van der Waals surface area contributed by atoms with Gasteiger partial charge >= 0.3 is 0 Å². The van der Waals surface area contributed by atoms with Gasteiger partial charge in [0, 0.05) is 12.0 Å². The lowest BCUT2D eigenvalue weighted by Crippen LogP contribution is -2.32. The van der Waals surface area contributed by atoms with E-state index in [2.05, 4.69) is 21.3 Å². The Balaban J connectivity index is 1.36. The van der Waals surface area contributed by atoms with Crippen molar-refractivity contribution in [3.8, 4) is 17.1 Å². The molecule has 0 spiro atoms. The molecule has 0 radical (unpaired) electrons. The number of aromatic hydroxyl groups is 1. The van der Waals surface area contributed by atoms with Crippen LogP contribution in [0.4, 0.5) is 5.82 Å². The van der Waals surface area contributed by atoms with Gasteiger partial charge in [-0.25, -0.2) is 4.98 Å². The summed E-state index contributed by atoms with van der Waals surface area (Å²) in [5.74, 6) is 3.09. The molecule has 6 heteroatoms. The molecule has 0 saturated carbocycles. The quantitative estimate of drug-likeness (QED) is 0.582. The standard InChI is InChI=1S/C25H29N3O3/c1-3-25(30)27-24-10-8-22(17(2)26-24)23-9-7-21(31-23)16-28-13-11-18(12-14-28)19-5-4-6-20(29)15-19/h4-10,15,18,29H,3,11-14,16H2,1-2H3,(H,26,27,30). The number of amides is 1. The lowest BCUT2D eigenvalue weighted by Gasteiger charge is -2.31. The van der Waals surface area contributed by atoms with Crippen molar-refractivity contribution in [2.24, 2.45) is 0 Å². The molecule has 31 heavy (non-hydrogen) atoms. The van der Waals surface area contributed by atoms with Gasteiger partial charge in [0.2, 0.25) is 5.91 Å². The van der Waals surface area contributed by atoms with Crippen LogP contribution in [0.2, 0.25) is 0 Å². The molecule has 1 aliphatic heterocycles. The number of hydrogen-bond donors (Lipinski definition) is 2. The molecule has 1 aliphatic rings. The summed E-state index contributed by atoms with van der Waals surface area (Å²) in [6, 6.07) is 15.4. The van der Waals surface area contributed by atoms with Crippen molar-refractivity contribution in [3.63, 3.8) is 0 Å². The van der Waals surface area contributed by atoms with Gasteiger partial charge < -0.3 is 14.8 Å². The van der Waals surface area contributed by atoms with Crippen molar-refractivity contribution in [1.82, 2.24) is 9.88 Å². The normalized spacial score (nSPS) is 15.2. The molecule has 0 atom stereocenters. The Labute approximate surface area is 182 Å². The number of benzene rings is 1. The molecule has 0 unspecified atom stereocenters. The summed E-state index contributed by atoms with van der Waals surface area (Å²) < 4.78 is 6.12. The van der Waals surface area contributed by atoms with Crippen LogP contribution < -0.4 is 5.32 Å². The molecule has 2 aromatic heterocycles. The Morgan fingerprint density at radius 1 is 1.19 bits per heavy atom. The molecule has 3 aromatic rings. The molecule has 1 fully saturated rings. The minimum absolute atomic E-state index is 0.0484. The largest absolute Gasteiger partial charge is 0.508 e. The van der Waals surface area contributed by atoms with E-state index >= 15 is 0 Å². The van der Waals surface area contributed by atoms with Gasteiger partial charge in [-0.05, 0) is 80.7 Å². The van der Waals surface area contributed by atoms with Crippen LogP contribution >= 0.6 is 0 Å². The van der Waals surface area contributed by atoms with Crippen LogP contribution in [-0.4, -0.2) is 34.0 Å². The number of phenols is 1. The number of carbonyl (C=O) groups is 1. The average molecular weight is 420 g/mol. The van der Waals surface area contributed by atoms with Gasteiger partial charge in [0.1, 0.15) is 23.1 Å². The highest BCUT2D eigenvalue weighted by molar-refractivity contribution is 5.89. The summed E-state index contributed by atoms with van der Waals surface area (Å²) in [4.78, 5) is 18.5. The second kappa shape index (κ2) is 9.35. The van der Waals surface area contributed by atoms with E-state index in [9.17, 15) is 9.90 Å². The number of phenolic OH excluding ortho intramolecular Hbond substituents is 1. The maximum absolute atomic E-state index is 11.6. The predicted molar refractivity (Wildman–Crippen MR) is 121 cm³/mol. The molecule has 0 bridgehead atoms. The van der Waals surface area contributed by atoms with Crippen molar-refractivity contribution in [2.45, 2.75) is 45.6 Å². The van der Waals surface area contributed by atoms with Gasteiger partial charge in [-0.15, -0.1) is 0 Å². The number of pyridine rings is 1. The van der Waals surface area contributed by atoms with E-state index in [1.807, 2.05) is 50.2 Å². The van der Waals surface area contributed by atoms with Crippen LogP contribution in [0, 0.1) is 6.92 Å². The van der Waals surface area contributed by atoms with Crippen molar-refractivity contribution in [3.05, 3.63) is 65.5 Å². The molecule has 0 aliphatic carbocycles. The number of anilines is 1. The summed E-state index contributed by atoms with van der Waals surface area (Å²) in [5.41, 5.74) is 2.98. The van der Waals surface area contributed by atoms with Crippen LogP contribution in [-0.2, 0) is 11.3 Å². The number of nitrogens with zero attached hydrogens (tertiary/aromatic N) is 2. The second-order valence-corrected chi connectivity index (χ2v) is 8.14. The van der Waals surface area contributed by atoms with Crippen LogP contribution in [0.5, 0.6) is 5.75 Å². The third-order valence-corrected chi connectivity index (χ3v) is 5.91. The molecule has 4 rings (SSSR count). The summed E-state index contributed by atoms with van der Waals surface area (Å²) in [6.45, 7) is 6.52.